The van der Waals surface area contributed by atoms with Crippen molar-refractivity contribution in [3.8, 4) is 0 Å². The lowest BCUT2D eigenvalue weighted by molar-refractivity contribution is -0.367. The molecule has 194 valence electrons. The van der Waals surface area contributed by atoms with Gasteiger partial charge in [-0.15, -0.1) is 5.06 Å². The Balaban J connectivity index is 2.55. The molecule has 2 heterocycles. The topological polar surface area (TPSA) is 267 Å². The van der Waals surface area contributed by atoms with E-state index in [0.717, 1.165) is 0 Å². The number of nitrogens with zero attached hydrogens (tertiary/aromatic N) is 1. The highest BCUT2D eigenvalue weighted by Gasteiger charge is 2.63. The van der Waals surface area contributed by atoms with Crippen molar-refractivity contribution >= 4 is 5.97 Å². The molecule has 0 bridgehead atoms. The van der Waals surface area contributed by atoms with Gasteiger partial charge in [-0.1, -0.05) is 0 Å². The fraction of sp³-hybridized carbons (Fsp3) is 0.944. The first-order valence-electron chi connectivity index (χ1n) is 10.5. The highest BCUT2D eigenvalue weighted by molar-refractivity contribution is 5.80. The third-order valence-electron chi connectivity index (χ3n) is 6.26. The van der Waals surface area contributed by atoms with Gasteiger partial charge >= 0.3 is 5.97 Å². The minimum Gasteiger partial charge on any atom is -0.480 e. The molecule has 0 amide bonds. The van der Waals surface area contributed by atoms with E-state index in [1.807, 2.05) is 0 Å². The molecular formula is C18H34N2O13. The molecule has 2 aliphatic heterocycles. The van der Waals surface area contributed by atoms with Gasteiger partial charge in [0.1, 0.15) is 54.9 Å². The Morgan fingerprint density at radius 2 is 1.33 bits per heavy atom. The van der Waals surface area contributed by atoms with Crippen LogP contribution in [0.1, 0.15) is 19.3 Å². The van der Waals surface area contributed by atoms with Gasteiger partial charge in [0.2, 0.25) is 0 Å². The fourth-order valence-electron chi connectivity index (χ4n) is 4.26. The maximum absolute atomic E-state index is 12.6. The number of aliphatic hydroxyl groups excluding tert-OH is 8. The number of hydrogen-bond donors (Lipinski definition) is 11. The number of nitrogens with two attached hydrogens (primary N) is 1. The molecule has 0 aromatic carbocycles. The van der Waals surface area contributed by atoms with Gasteiger partial charge in [-0.2, -0.15) is 0 Å². The van der Waals surface area contributed by atoms with E-state index in [1.54, 1.807) is 0 Å². The van der Waals surface area contributed by atoms with Gasteiger partial charge < -0.3 is 66.4 Å². The number of hydrogen-bond acceptors (Lipinski definition) is 14. The molecule has 11 atom stereocenters. The molecule has 2 saturated heterocycles. The minimum absolute atomic E-state index is 0.0129. The van der Waals surface area contributed by atoms with Crippen LogP contribution in [0.5, 0.6) is 0 Å². The van der Waals surface area contributed by atoms with Crippen molar-refractivity contribution in [3.05, 3.63) is 0 Å². The fourth-order valence-corrected chi connectivity index (χ4v) is 4.26. The molecule has 0 aromatic heterocycles. The standard InChI is InChI=1S/C18H34N2O13/c19-4-2-1-3-18(17(29)30,15-13(27)11(25)9(23)7(5-21)32-15)20(31)16-14(28)12(26)10(24)8(6-22)33-16/h7-16,21-28,31H,1-6,19H2,(H,29,30)/t7-,8-,9-,10+,11+,12+,13-,14-,15?,16?,18-/m1/s1. The number of ether oxygens (including phenoxy) is 2. The second-order valence-electron chi connectivity index (χ2n) is 8.29. The van der Waals surface area contributed by atoms with Crippen LogP contribution in [0.15, 0.2) is 0 Å². The van der Waals surface area contributed by atoms with E-state index < -0.39 is 92.3 Å². The molecule has 12 N–H and O–H groups in total. The summed E-state index contributed by atoms with van der Waals surface area (Å²) in [5, 5.41) is 101. The number of aliphatic carboxylic acids is 1. The largest absolute Gasteiger partial charge is 0.480 e. The third kappa shape index (κ3) is 5.15. The predicted molar refractivity (Wildman–Crippen MR) is 104 cm³/mol. The van der Waals surface area contributed by atoms with Crippen molar-refractivity contribution in [2.45, 2.75) is 86.0 Å². The first-order valence-corrected chi connectivity index (χ1v) is 10.5. The molecule has 15 heteroatoms. The lowest BCUT2D eigenvalue weighted by Crippen LogP contribution is -2.75. The highest BCUT2D eigenvalue weighted by atomic mass is 16.6. The van der Waals surface area contributed by atoms with Gasteiger partial charge in [-0.3, -0.25) is 4.79 Å². The molecule has 2 rings (SSSR count). The zero-order valence-electron chi connectivity index (χ0n) is 17.7. The zero-order chi connectivity index (χ0) is 25.1. The van der Waals surface area contributed by atoms with E-state index >= 15 is 0 Å². The first-order chi connectivity index (χ1) is 15.5. The van der Waals surface area contributed by atoms with Crippen LogP contribution in [0, 0.1) is 0 Å². The Kier molecular flexibility index (Phi) is 9.90. The SMILES string of the molecule is NCCCC[C@](C(=O)O)(C1O[C@H](CO)[C@@H](O)[C@H](O)[C@H]1O)N(O)C1O[C@H](CO)[C@H](O)[C@H](O)[C@H]1O. The summed E-state index contributed by atoms with van der Waals surface area (Å²) in [5.74, 6) is -1.80. The van der Waals surface area contributed by atoms with Crippen molar-refractivity contribution in [1.82, 2.24) is 5.06 Å². The second-order valence-corrected chi connectivity index (χ2v) is 8.29. The van der Waals surface area contributed by atoms with Crippen LogP contribution in [0.3, 0.4) is 0 Å². The smallest absolute Gasteiger partial charge is 0.329 e. The molecule has 2 fully saturated rings. The van der Waals surface area contributed by atoms with Gasteiger partial charge in [0, 0.05) is 0 Å². The van der Waals surface area contributed by atoms with E-state index in [9.17, 15) is 56.0 Å². The predicted octanol–water partition coefficient (Wildman–Crippen LogP) is -5.73. The van der Waals surface area contributed by atoms with Crippen LogP contribution >= 0.6 is 0 Å². The number of rotatable bonds is 10. The summed E-state index contributed by atoms with van der Waals surface area (Å²) in [5.41, 5.74) is 2.80. The van der Waals surface area contributed by atoms with Crippen LogP contribution in [-0.4, -0.2) is 149 Å². The maximum atomic E-state index is 12.6. The molecule has 2 aliphatic rings. The number of carboxylic acids is 1. The summed E-state index contributed by atoms with van der Waals surface area (Å²) in [6.07, 6.45) is -18.9. The molecule has 0 aliphatic carbocycles. The van der Waals surface area contributed by atoms with Gasteiger partial charge in [0.15, 0.2) is 11.8 Å². The summed E-state index contributed by atoms with van der Waals surface area (Å²) in [6, 6.07) is 0. The Morgan fingerprint density at radius 1 is 0.818 bits per heavy atom. The number of unbranched alkanes of at least 4 members (excludes halogenated alkanes) is 1. The summed E-state index contributed by atoms with van der Waals surface area (Å²) < 4.78 is 10.7. The monoisotopic (exact) mass is 486 g/mol. The van der Waals surface area contributed by atoms with Crippen LogP contribution in [0.25, 0.3) is 0 Å². The Bertz CT molecular complexity index is 640. The van der Waals surface area contributed by atoms with Crippen molar-refractivity contribution in [3.63, 3.8) is 0 Å². The highest BCUT2D eigenvalue weighted by Crippen LogP contribution is 2.38. The molecule has 2 unspecified atom stereocenters. The number of aliphatic hydroxyl groups is 8. The van der Waals surface area contributed by atoms with E-state index in [-0.39, 0.29) is 24.4 Å². The number of carboxylic acid groups (broad SMARTS) is 1. The van der Waals surface area contributed by atoms with Crippen molar-refractivity contribution in [2.24, 2.45) is 5.73 Å². The van der Waals surface area contributed by atoms with Crippen LogP contribution in [0.4, 0.5) is 0 Å². The zero-order valence-corrected chi connectivity index (χ0v) is 17.7. The van der Waals surface area contributed by atoms with E-state index in [1.165, 1.54) is 0 Å². The molecule has 0 saturated carbocycles. The quantitative estimate of drug-likeness (QED) is 0.101. The van der Waals surface area contributed by atoms with Crippen LogP contribution in [0.2, 0.25) is 0 Å². The number of carbonyl (C=O) groups is 1. The third-order valence-corrected chi connectivity index (χ3v) is 6.26. The summed E-state index contributed by atoms with van der Waals surface area (Å²) in [6.45, 7) is -1.59. The molecule has 0 radical (unpaired) electrons. The van der Waals surface area contributed by atoms with Gasteiger partial charge in [-0.05, 0) is 25.8 Å². The van der Waals surface area contributed by atoms with Gasteiger partial charge in [0.25, 0.3) is 0 Å². The van der Waals surface area contributed by atoms with Crippen molar-refractivity contribution < 1.29 is 65.4 Å². The van der Waals surface area contributed by atoms with Crippen molar-refractivity contribution in [2.75, 3.05) is 19.8 Å². The average Bonchev–Trinajstić information content (AvgIpc) is 2.79. The van der Waals surface area contributed by atoms with E-state index in [4.69, 9.17) is 15.2 Å². The normalized spacial score (nSPS) is 41.7. The maximum Gasteiger partial charge on any atom is 0.329 e. The lowest BCUT2D eigenvalue weighted by atomic mass is 9.78. The molecule has 0 spiro atoms. The van der Waals surface area contributed by atoms with Gasteiger partial charge in [0.05, 0.1) is 13.2 Å². The number of hydroxylamine groups is 2. The van der Waals surface area contributed by atoms with Crippen LogP contribution < -0.4 is 5.73 Å². The summed E-state index contributed by atoms with van der Waals surface area (Å²) in [7, 11) is 0. The van der Waals surface area contributed by atoms with Crippen molar-refractivity contribution in [1.29, 1.82) is 0 Å². The Morgan fingerprint density at radius 3 is 1.82 bits per heavy atom. The Labute approximate surface area is 188 Å². The van der Waals surface area contributed by atoms with E-state index in [2.05, 4.69) is 0 Å². The second kappa shape index (κ2) is 11.6. The average molecular weight is 486 g/mol. The van der Waals surface area contributed by atoms with E-state index in [0.29, 0.717) is 0 Å². The molecule has 0 aromatic rings. The summed E-state index contributed by atoms with van der Waals surface area (Å²) >= 11 is 0. The molecule has 33 heavy (non-hydrogen) atoms. The first kappa shape index (κ1) is 28.2. The Hall–Kier alpha value is -1.05. The molecular weight excluding hydrogens is 452 g/mol. The minimum atomic E-state index is -2.67. The molecule has 15 nitrogen and oxygen atoms in total. The van der Waals surface area contributed by atoms with Gasteiger partial charge in [-0.25, -0.2) is 0 Å². The summed E-state index contributed by atoms with van der Waals surface area (Å²) in [4.78, 5) is 12.6. The van der Waals surface area contributed by atoms with Crippen LogP contribution in [-0.2, 0) is 14.3 Å². The lowest BCUT2D eigenvalue weighted by Gasteiger charge is -2.52.